The molecular weight excluding hydrogens is 571 g/mol. The number of nitrogen functional groups attached to an aromatic ring is 1. The van der Waals surface area contributed by atoms with E-state index in [9.17, 15) is 31.5 Å². The van der Waals surface area contributed by atoms with E-state index >= 15 is 0 Å². The van der Waals surface area contributed by atoms with Crippen LogP contribution in [0.4, 0.5) is 24.8 Å². The van der Waals surface area contributed by atoms with Crippen LogP contribution in [-0.2, 0) is 28.3 Å². The molecule has 0 bridgehead atoms. The Morgan fingerprint density at radius 3 is 2.14 bits per heavy atom. The summed E-state index contributed by atoms with van der Waals surface area (Å²) >= 11 is 0. The third-order valence-electron chi connectivity index (χ3n) is 6.44. The van der Waals surface area contributed by atoms with Crippen molar-refractivity contribution in [2.45, 2.75) is 49.6 Å². The molecular formula is C29H28F3N5O4S. The number of carbonyl (C=O) groups is 1. The van der Waals surface area contributed by atoms with Gasteiger partial charge in [-0.25, -0.2) is 13.4 Å². The van der Waals surface area contributed by atoms with Gasteiger partial charge in [0.05, 0.1) is 11.5 Å². The highest BCUT2D eigenvalue weighted by Crippen LogP contribution is 2.31. The van der Waals surface area contributed by atoms with Crippen molar-refractivity contribution in [2.24, 2.45) is 0 Å². The first-order valence-electron chi connectivity index (χ1n) is 12.7. The molecule has 0 unspecified atom stereocenters. The number of aliphatic hydroxyl groups is 1. The van der Waals surface area contributed by atoms with Crippen LogP contribution in [0.5, 0.6) is 0 Å². The average molecular weight is 600 g/mol. The number of aromatic nitrogens is 3. The highest BCUT2D eigenvalue weighted by Gasteiger charge is 2.46. The Morgan fingerprint density at radius 1 is 0.929 bits per heavy atom. The number of aliphatic hydroxyl groups excluding tert-OH is 1. The summed E-state index contributed by atoms with van der Waals surface area (Å²) in [5.41, 5.74) is 3.39. The van der Waals surface area contributed by atoms with E-state index < -0.39 is 26.8 Å². The van der Waals surface area contributed by atoms with E-state index in [1.54, 1.807) is 30.3 Å². The lowest BCUT2D eigenvalue weighted by Gasteiger charge is -2.19. The molecule has 1 aromatic heterocycles. The number of nitrogens with two attached hydrogens (primary N) is 1. The maximum absolute atomic E-state index is 13.0. The van der Waals surface area contributed by atoms with Crippen LogP contribution < -0.4 is 11.1 Å². The Labute approximate surface area is 240 Å². The molecule has 0 aliphatic rings. The molecule has 42 heavy (non-hydrogen) atoms. The van der Waals surface area contributed by atoms with Gasteiger partial charge in [0.2, 0.25) is 5.95 Å². The Bertz CT molecular complexity index is 1720. The lowest BCUT2D eigenvalue weighted by Crippen LogP contribution is -2.23. The van der Waals surface area contributed by atoms with Crippen LogP contribution in [-0.4, -0.2) is 39.9 Å². The van der Waals surface area contributed by atoms with Crippen LogP contribution in [0.25, 0.3) is 11.4 Å². The van der Waals surface area contributed by atoms with Crippen LogP contribution in [0.2, 0.25) is 0 Å². The number of amides is 1. The van der Waals surface area contributed by atoms with E-state index in [0.29, 0.717) is 27.9 Å². The summed E-state index contributed by atoms with van der Waals surface area (Å²) in [6, 6.07) is 16.3. The summed E-state index contributed by atoms with van der Waals surface area (Å²) in [7, 11) is -5.48. The monoisotopic (exact) mass is 599 g/mol. The highest BCUT2D eigenvalue weighted by molar-refractivity contribution is 7.92. The lowest BCUT2D eigenvalue weighted by molar-refractivity contribution is -0.0436. The van der Waals surface area contributed by atoms with Crippen LogP contribution in [0, 0.1) is 0 Å². The van der Waals surface area contributed by atoms with Crippen LogP contribution in [0.15, 0.2) is 71.6 Å². The first kappa shape index (κ1) is 30.6. The fourth-order valence-electron chi connectivity index (χ4n) is 4.14. The number of rotatable bonds is 7. The lowest BCUT2D eigenvalue weighted by atomic mass is 9.86. The average Bonchev–Trinajstić information content (AvgIpc) is 2.92. The number of nitrogens with one attached hydrogen (secondary N) is 1. The number of nitrogens with zero attached hydrogens (tertiary/aromatic N) is 3. The molecule has 0 radical (unpaired) electrons. The maximum Gasteiger partial charge on any atom is 0.501 e. The smallest absolute Gasteiger partial charge is 0.392 e. The van der Waals surface area contributed by atoms with Crippen molar-refractivity contribution in [3.05, 3.63) is 94.8 Å². The van der Waals surface area contributed by atoms with Gasteiger partial charge in [-0.05, 0) is 46.9 Å². The van der Waals surface area contributed by atoms with Crippen LogP contribution >= 0.6 is 0 Å². The van der Waals surface area contributed by atoms with Gasteiger partial charge in [0.1, 0.15) is 5.82 Å². The van der Waals surface area contributed by atoms with Gasteiger partial charge >= 0.3 is 5.51 Å². The number of benzene rings is 3. The molecule has 4 rings (SSSR count). The molecule has 1 amide bonds. The van der Waals surface area contributed by atoms with Gasteiger partial charge < -0.3 is 16.2 Å². The van der Waals surface area contributed by atoms with Gasteiger partial charge in [-0.3, -0.25) is 4.79 Å². The zero-order valence-corrected chi connectivity index (χ0v) is 23.7. The number of hydrogen-bond donors (Lipinski definition) is 3. The number of anilines is 2. The summed E-state index contributed by atoms with van der Waals surface area (Å²) in [6.07, 6.45) is 0.00150. The zero-order valence-electron chi connectivity index (χ0n) is 22.9. The van der Waals surface area contributed by atoms with Gasteiger partial charge in [-0.1, -0.05) is 57.2 Å². The number of carbonyl (C=O) groups excluding carboxylic acids is 1. The second-order valence-corrected chi connectivity index (χ2v) is 12.4. The molecule has 0 saturated carbocycles. The first-order chi connectivity index (χ1) is 19.6. The second-order valence-electron chi connectivity index (χ2n) is 10.5. The van der Waals surface area contributed by atoms with E-state index in [1.807, 2.05) is 12.1 Å². The SMILES string of the molecule is CC(C)(C)c1ccc(C(=O)Nc2cccc(-c3nc(N)nc(Cc4ccc(S(=O)(=O)C(F)(F)F)cc4)n3)c2CO)cc1. The Hall–Kier alpha value is -4.36. The minimum absolute atomic E-state index is 0.00150. The van der Waals surface area contributed by atoms with Gasteiger partial charge in [-0.15, -0.1) is 0 Å². The fourth-order valence-corrected chi connectivity index (χ4v) is 4.90. The first-order valence-corrected chi connectivity index (χ1v) is 14.1. The molecule has 0 fully saturated rings. The van der Waals surface area contributed by atoms with Crippen molar-refractivity contribution in [1.29, 1.82) is 0 Å². The zero-order chi connectivity index (χ0) is 30.9. The minimum Gasteiger partial charge on any atom is -0.392 e. The molecule has 0 aliphatic carbocycles. The van der Waals surface area contributed by atoms with Crippen molar-refractivity contribution in [1.82, 2.24) is 15.0 Å². The van der Waals surface area contributed by atoms with E-state index in [0.717, 1.165) is 17.7 Å². The van der Waals surface area contributed by atoms with E-state index in [2.05, 4.69) is 41.0 Å². The van der Waals surface area contributed by atoms with Gasteiger partial charge in [-0.2, -0.15) is 23.1 Å². The molecule has 0 spiro atoms. The summed E-state index contributed by atoms with van der Waals surface area (Å²) in [5.74, 6) is -0.276. The normalized spacial score (nSPS) is 12.3. The topological polar surface area (TPSA) is 148 Å². The van der Waals surface area contributed by atoms with Crippen molar-refractivity contribution in [2.75, 3.05) is 11.1 Å². The van der Waals surface area contributed by atoms with Crippen molar-refractivity contribution >= 4 is 27.4 Å². The predicted molar refractivity (Wildman–Crippen MR) is 151 cm³/mol. The number of halogens is 3. The Morgan fingerprint density at radius 2 is 1.57 bits per heavy atom. The summed E-state index contributed by atoms with van der Waals surface area (Å²) in [6.45, 7) is 5.74. The molecule has 13 heteroatoms. The highest BCUT2D eigenvalue weighted by atomic mass is 32.2. The van der Waals surface area contributed by atoms with E-state index in [1.165, 1.54) is 12.1 Å². The molecule has 4 N–H and O–H groups in total. The molecule has 4 aromatic rings. The molecule has 9 nitrogen and oxygen atoms in total. The maximum atomic E-state index is 13.0. The summed E-state index contributed by atoms with van der Waals surface area (Å²) < 4.78 is 61.8. The minimum atomic E-state index is -5.48. The molecule has 3 aromatic carbocycles. The molecule has 0 saturated heterocycles. The largest absolute Gasteiger partial charge is 0.501 e. The molecule has 0 atom stereocenters. The van der Waals surface area contributed by atoms with Crippen molar-refractivity contribution < 1.29 is 31.5 Å². The van der Waals surface area contributed by atoms with Crippen LogP contribution in [0.3, 0.4) is 0 Å². The quantitative estimate of drug-likeness (QED) is 0.267. The van der Waals surface area contributed by atoms with Gasteiger partial charge in [0, 0.05) is 28.8 Å². The van der Waals surface area contributed by atoms with Gasteiger partial charge in [0.25, 0.3) is 15.7 Å². The molecule has 0 aliphatic heterocycles. The fraction of sp³-hybridized carbons (Fsp3) is 0.241. The Balaban J connectivity index is 1.60. The molecule has 1 heterocycles. The third kappa shape index (κ3) is 6.58. The molecule has 220 valence electrons. The summed E-state index contributed by atoms with van der Waals surface area (Å²) in [5, 5.41) is 13.0. The predicted octanol–water partition coefficient (Wildman–Crippen LogP) is 5.05. The van der Waals surface area contributed by atoms with Crippen molar-refractivity contribution in [3.63, 3.8) is 0 Å². The second kappa shape index (κ2) is 11.5. The standard InChI is InChI=1S/C29H28F3N5O4S/c1-28(2,3)19-11-9-18(10-12-19)26(39)34-23-6-4-5-21(22(23)16-38)25-35-24(36-27(33)37-25)15-17-7-13-20(14-8-17)42(40,41)29(30,31)32/h4-14,38H,15-16H2,1-3H3,(H,34,39)(H2,33,35,36,37). The van der Waals surface area contributed by atoms with E-state index in [4.69, 9.17) is 5.73 Å². The number of hydrogen-bond acceptors (Lipinski definition) is 8. The third-order valence-corrected chi connectivity index (χ3v) is 7.94. The van der Waals surface area contributed by atoms with E-state index in [-0.39, 0.29) is 35.3 Å². The van der Waals surface area contributed by atoms with Crippen molar-refractivity contribution in [3.8, 4) is 11.4 Å². The number of alkyl halides is 3. The summed E-state index contributed by atoms with van der Waals surface area (Å²) in [4.78, 5) is 24.8. The Kier molecular flexibility index (Phi) is 8.37. The number of sulfone groups is 1. The van der Waals surface area contributed by atoms with Crippen LogP contribution in [0.1, 0.15) is 53.6 Å². The van der Waals surface area contributed by atoms with Gasteiger partial charge in [0.15, 0.2) is 5.82 Å².